The number of piperidine rings is 1. The standard InChI is InChI=1S/C17H30N2O.C2H2O4/c1-3-14(2)18-17(20)16-9-11-19(12-10-16)13-15-7-5-4-6-8-15;3-1(4)2(5)6/h4-5,14-16H,3,6-13H2,1-2H3,(H,18,20);(H,3,4)(H,5,6). The quantitative estimate of drug-likeness (QED) is 0.507. The molecule has 7 heteroatoms. The van der Waals surface area contributed by atoms with E-state index in [0.717, 1.165) is 38.3 Å². The molecule has 2 rings (SSSR count). The third-order valence-electron chi connectivity index (χ3n) is 5.04. The number of hydrogen-bond acceptors (Lipinski definition) is 4. The molecule has 148 valence electrons. The van der Waals surface area contributed by atoms with Crippen molar-refractivity contribution in [2.75, 3.05) is 19.6 Å². The highest BCUT2D eigenvalue weighted by atomic mass is 16.4. The Morgan fingerprint density at radius 2 is 1.73 bits per heavy atom. The Kier molecular flexibility index (Phi) is 9.95. The number of carboxylic acids is 2. The van der Waals surface area contributed by atoms with Crippen molar-refractivity contribution in [1.29, 1.82) is 0 Å². The summed E-state index contributed by atoms with van der Waals surface area (Å²) in [5.41, 5.74) is 0. The first-order chi connectivity index (χ1) is 12.3. The van der Waals surface area contributed by atoms with Gasteiger partial charge >= 0.3 is 11.9 Å². The van der Waals surface area contributed by atoms with E-state index in [4.69, 9.17) is 19.8 Å². The molecule has 1 saturated heterocycles. The first kappa shape index (κ1) is 22.2. The van der Waals surface area contributed by atoms with Gasteiger partial charge in [0, 0.05) is 18.5 Å². The molecule has 1 fully saturated rings. The Morgan fingerprint density at radius 1 is 1.12 bits per heavy atom. The van der Waals surface area contributed by atoms with Gasteiger partial charge in [0.1, 0.15) is 0 Å². The minimum Gasteiger partial charge on any atom is -0.473 e. The molecule has 2 atom stereocenters. The molecule has 1 amide bonds. The van der Waals surface area contributed by atoms with E-state index in [1.807, 2.05) is 0 Å². The summed E-state index contributed by atoms with van der Waals surface area (Å²) in [7, 11) is 0. The van der Waals surface area contributed by atoms with Crippen LogP contribution in [0.25, 0.3) is 0 Å². The lowest BCUT2D eigenvalue weighted by atomic mass is 9.91. The zero-order valence-electron chi connectivity index (χ0n) is 15.8. The largest absolute Gasteiger partial charge is 0.473 e. The van der Waals surface area contributed by atoms with Crippen molar-refractivity contribution in [3.05, 3.63) is 12.2 Å². The van der Waals surface area contributed by atoms with Gasteiger partial charge in [0.05, 0.1) is 0 Å². The lowest BCUT2D eigenvalue weighted by molar-refractivity contribution is -0.159. The van der Waals surface area contributed by atoms with E-state index in [2.05, 4.69) is 36.2 Å². The Morgan fingerprint density at radius 3 is 2.19 bits per heavy atom. The minimum atomic E-state index is -1.82. The number of carbonyl (C=O) groups excluding carboxylic acids is 1. The van der Waals surface area contributed by atoms with Crippen molar-refractivity contribution in [2.24, 2.45) is 11.8 Å². The molecule has 1 heterocycles. The van der Waals surface area contributed by atoms with Crippen molar-refractivity contribution in [1.82, 2.24) is 10.2 Å². The SMILES string of the molecule is CCC(C)NC(=O)C1CCN(CC2CC=CCC2)CC1.O=C(O)C(=O)O. The van der Waals surface area contributed by atoms with Crippen LogP contribution in [0, 0.1) is 11.8 Å². The molecule has 2 unspecified atom stereocenters. The second kappa shape index (κ2) is 11.7. The molecule has 7 nitrogen and oxygen atoms in total. The molecule has 1 aliphatic carbocycles. The summed E-state index contributed by atoms with van der Waals surface area (Å²) >= 11 is 0. The van der Waals surface area contributed by atoms with Gasteiger partial charge in [-0.2, -0.15) is 0 Å². The lowest BCUT2D eigenvalue weighted by Gasteiger charge is -2.34. The molecule has 3 N–H and O–H groups in total. The Bertz CT molecular complexity index is 486. The lowest BCUT2D eigenvalue weighted by Crippen LogP contribution is -2.44. The third-order valence-corrected chi connectivity index (χ3v) is 5.04. The van der Waals surface area contributed by atoms with Crippen LogP contribution in [-0.2, 0) is 14.4 Å². The molecule has 0 bridgehead atoms. The maximum atomic E-state index is 12.1. The number of nitrogens with one attached hydrogen (secondary N) is 1. The molecule has 0 saturated carbocycles. The van der Waals surface area contributed by atoms with Crippen LogP contribution in [0.15, 0.2) is 12.2 Å². The number of likely N-dealkylation sites (tertiary alicyclic amines) is 1. The van der Waals surface area contributed by atoms with Gasteiger partial charge < -0.3 is 20.4 Å². The second-order valence-electron chi connectivity index (χ2n) is 7.15. The van der Waals surface area contributed by atoms with E-state index >= 15 is 0 Å². The third kappa shape index (κ3) is 8.47. The average Bonchev–Trinajstić information content (AvgIpc) is 2.63. The van der Waals surface area contributed by atoms with Gasteiger partial charge in [0.15, 0.2) is 0 Å². The topological polar surface area (TPSA) is 107 Å². The van der Waals surface area contributed by atoms with Gasteiger partial charge in [-0.05, 0) is 64.5 Å². The number of hydrogen-bond donors (Lipinski definition) is 3. The van der Waals surface area contributed by atoms with Crippen LogP contribution in [0.4, 0.5) is 0 Å². The normalized spacial score (nSPS) is 22.0. The number of rotatable bonds is 5. The number of aliphatic carboxylic acids is 2. The summed E-state index contributed by atoms with van der Waals surface area (Å²) in [6, 6.07) is 0.314. The smallest absolute Gasteiger partial charge is 0.414 e. The molecular formula is C19H32N2O5. The van der Waals surface area contributed by atoms with Crippen molar-refractivity contribution >= 4 is 17.8 Å². The summed E-state index contributed by atoms with van der Waals surface area (Å²) in [6.07, 6.45) is 11.6. The van der Waals surface area contributed by atoms with Gasteiger partial charge in [-0.25, -0.2) is 9.59 Å². The van der Waals surface area contributed by atoms with E-state index in [0.29, 0.717) is 6.04 Å². The van der Waals surface area contributed by atoms with Crippen molar-refractivity contribution in [3.63, 3.8) is 0 Å². The zero-order valence-corrected chi connectivity index (χ0v) is 15.8. The fourth-order valence-corrected chi connectivity index (χ4v) is 3.23. The minimum absolute atomic E-state index is 0.242. The van der Waals surface area contributed by atoms with Crippen LogP contribution in [0.2, 0.25) is 0 Å². The van der Waals surface area contributed by atoms with Crippen LogP contribution in [-0.4, -0.2) is 58.6 Å². The number of carboxylic acid groups (broad SMARTS) is 2. The molecule has 0 aromatic rings. The highest BCUT2D eigenvalue weighted by Gasteiger charge is 2.26. The fraction of sp³-hybridized carbons (Fsp3) is 0.737. The van der Waals surface area contributed by atoms with Crippen molar-refractivity contribution in [2.45, 2.75) is 58.4 Å². The number of amides is 1. The van der Waals surface area contributed by atoms with Crippen molar-refractivity contribution in [3.8, 4) is 0 Å². The van der Waals surface area contributed by atoms with Crippen LogP contribution in [0.1, 0.15) is 52.4 Å². The first-order valence-corrected chi connectivity index (χ1v) is 9.47. The summed E-state index contributed by atoms with van der Waals surface area (Å²) in [5, 5.41) is 17.9. The van der Waals surface area contributed by atoms with E-state index in [-0.39, 0.29) is 11.8 Å². The second-order valence-corrected chi connectivity index (χ2v) is 7.15. The Hall–Kier alpha value is -1.89. The van der Waals surface area contributed by atoms with Crippen LogP contribution in [0.5, 0.6) is 0 Å². The molecule has 2 aliphatic rings. The van der Waals surface area contributed by atoms with Crippen LogP contribution >= 0.6 is 0 Å². The maximum Gasteiger partial charge on any atom is 0.414 e. The van der Waals surface area contributed by atoms with Crippen molar-refractivity contribution < 1.29 is 24.6 Å². The summed E-state index contributed by atoms with van der Waals surface area (Å²) in [4.78, 5) is 32.9. The Balaban J connectivity index is 0.000000487. The molecule has 0 spiro atoms. The van der Waals surface area contributed by atoms with Gasteiger partial charge in [-0.1, -0.05) is 19.1 Å². The van der Waals surface area contributed by atoms with E-state index in [1.54, 1.807) is 0 Å². The summed E-state index contributed by atoms with van der Waals surface area (Å²) < 4.78 is 0. The zero-order chi connectivity index (χ0) is 19.5. The number of allylic oxidation sites excluding steroid dienone is 2. The first-order valence-electron chi connectivity index (χ1n) is 9.47. The summed E-state index contributed by atoms with van der Waals surface area (Å²) in [5.74, 6) is -2.29. The fourth-order valence-electron chi connectivity index (χ4n) is 3.23. The van der Waals surface area contributed by atoms with E-state index in [9.17, 15) is 4.79 Å². The molecular weight excluding hydrogens is 336 g/mol. The van der Waals surface area contributed by atoms with Gasteiger partial charge in [-0.15, -0.1) is 0 Å². The highest BCUT2D eigenvalue weighted by molar-refractivity contribution is 6.27. The molecule has 0 aromatic carbocycles. The highest BCUT2D eigenvalue weighted by Crippen LogP contribution is 2.23. The van der Waals surface area contributed by atoms with Gasteiger partial charge in [-0.3, -0.25) is 4.79 Å². The summed E-state index contributed by atoms with van der Waals surface area (Å²) in [6.45, 7) is 7.62. The number of carbonyl (C=O) groups is 3. The predicted octanol–water partition coefficient (Wildman–Crippen LogP) is 2.12. The van der Waals surface area contributed by atoms with E-state index < -0.39 is 11.9 Å². The average molecular weight is 368 g/mol. The molecule has 26 heavy (non-hydrogen) atoms. The van der Waals surface area contributed by atoms with Gasteiger partial charge in [0.2, 0.25) is 5.91 Å². The Labute approximate surface area is 155 Å². The van der Waals surface area contributed by atoms with Gasteiger partial charge in [0.25, 0.3) is 0 Å². The molecule has 0 aromatic heterocycles. The van der Waals surface area contributed by atoms with E-state index in [1.165, 1.54) is 25.8 Å². The predicted molar refractivity (Wildman–Crippen MR) is 98.8 cm³/mol. The molecule has 1 aliphatic heterocycles. The number of nitrogens with zero attached hydrogens (tertiary/aromatic N) is 1. The molecule has 0 radical (unpaired) electrons. The van der Waals surface area contributed by atoms with Crippen LogP contribution in [0.3, 0.4) is 0 Å². The monoisotopic (exact) mass is 368 g/mol. The maximum absolute atomic E-state index is 12.1. The van der Waals surface area contributed by atoms with Crippen LogP contribution < -0.4 is 5.32 Å².